The molecule has 6 heteroatoms. The van der Waals surface area contributed by atoms with E-state index < -0.39 is 4.92 Å². The SMILES string of the molecule is CC(N)Cc1ncc(-c2cccc([N+](=O)[O-])c2)[nH]1. The molecule has 3 N–H and O–H groups in total. The number of nitrogens with zero attached hydrogens (tertiary/aromatic N) is 2. The number of rotatable bonds is 4. The monoisotopic (exact) mass is 246 g/mol. The molecular formula is C12H14N4O2. The summed E-state index contributed by atoms with van der Waals surface area (Å²) in [7, 11) is 0. The second-order valence-corrected chi connectivity index (χ2v) is 4.23. The van der Waals surface area contributed by atoms with E-state index in [4.69, 9.17) is 5.73 Å². The number of nitro benzene ring substituents is 1. The molecule has 2 aromatic rings. The van der Waals surface area contributed by atoms with Gasteiger partial charge in [-0.15, -0.1) is 0 Å². The topological polar surface area (TPSA) is 97.8 Å². The highest BCUT2D eigenvalue weighted by molar-refractivity contribution is 5.61. The molecule has 2 rings (SSSR count). The Kier molecular flexibility index (Phi) is 3.38. The number of aromatic nitrogens is 2. The van der Waals surface area contributed by atoms with Crippen molar-refractivity contribution in [2.24, 2.45) is 5.73 Å². The van der Waals surface area contributed by atoms with Crippen LogP contribution in [0.1, 0.15) is 12.7 Å². The Morgan fingerprint density at radius 3 is 3.00 bits per heavy atom. The van der Waals surface area contributed by atoms with Crippen molar-refractivity contribution in [2.45, 2.75) is 19.4 Å². The summed E-state index contributed by atoms with van der Waals surface area (Å²) in [5.74, 6) is 0.784. The van der Waals surface area contributed by atoms with Crippen molar-refractivity contribution < 1.29 is 4.92 Å². The van der Waals surface area contributed by atoms with E-state index in [2.05, 4.69) is 9.97 Å². The molecule has 1 atom stereocenters. The van der Waals surface area contributed by atoms with Crippen LogP contribution in [0.2, 0.25) is 0 Å². The molecule has 0 fully saturated rings. The zero-order valence-corrected chi connectivity index (χ0v) is 9.96. The molecule has 0 bridgehead atoms. The zero-order valence-electron chi connectivity index (χ0n) is 9.96. The number of imidazole rings is 1. The van der Waals surface area contributed by atoms with Crippen molar-refractivity contribution in [3.63, 3.8) is 0 Å². The van der Waals surface area contributed by atoms with E-state index in [0.29, 0.717) is 6.42 Å². The molecule has 18 heavy (non-hydrogen) atoms. The fraction of sp³-hybridized carbons (Fsp3) is 0.250. The zero-order chi connectivity index (χ0) is 13.1. The minimum Gasteiger partial charge on any atom is -0.342 e. The van der Waals surface area contributed by atoms with Gasteiger partial charge >= 0.3 is 0 Å². The molecule has 0 saturated heterocycles. The molecule has 0 radical (unpaired) electrons. The Balaban J connectivity index is 2.28. The van der Waals surface area contributed by atoms with Crippen molar-refractivity contribution in [3.05, 3.63) is 46.4 Å². The van der Waals surface area contributed by atoms with Crippen LogP contribution in [0.15, 0.2) is 30.5 Å². The third kappa shape index (κ3) is 2.72. The lowest BCUT2D eigenvalue weighted by Gasteiger charge is -2.00. The van der Waals surface area contributed by atoms with Gasteiger partial charge in [0.2, 0.25) is 0 Å². The average Bonchev–Trinajstić information content (AvgIpc) is 2.77. The predicted octanol–water partition coefficient (Wildman–Crippen LogP) is 1.87. The van der Waals surface area contributed by atoms with E-state index in [0.717, 1.165) is 17.1 Å². The van der Waals surface area contributed by atoms with Crippen LogP contribution in [0, 0.1) is 10.1 Å². The summed E-state index contributed by atoms with van der Waals surface area (Å²) in [6.45, 7) is 1.90. The van der Waals surface area contributed by atoms with Gasteiger partial charge in [-0.25, -0.2) is 4.98 Å². The lowest BCUT2D eigenvalue weighted by Crippen LogP contribution is -2.18. The lowest BCUT2D eigenvalue weighted by atomic mass is 10.1. The van der Waals surface area contributed by atoms with Crippen LogP contribution in [-0.2, 0) is 6.42 Å². The van der Waals surface area contributed by atoms with Gasteiger partial charge in [0.1, 0.15) is 5.82 Å². The first-order chi connectivity index (χ1) is 8.56. The number of non-ortho nitro benzene ring substituents is 1. The van der Waals surface area contributed by atoms with Gasteiger partial charge in [0.05, 0.1) is 16.8 Å². The normalized spacial score (nSPS) is 12.3. The van der Waals surface area contributed by atoms with Gasteiger partial charge in [0.25, 0.3) is 5.69 Å². The van der Waals surface area contributed by atoms with Gasteiger partial charge in [0, 0.05) is 30.2 Å². The molecule has 0 aliphatic heterocycles. The molecular weight excluding hydrogens is 232 g/mol. The minimum absolute atomic E-state index is 0.0223. The minimum atomic E-state index is -0.414. The van der Waals surface area contributed by atoms with Crippen molar-refractivity contribution in [1.29, 1.82) is 0 Å². The number of hydrogen-bond donors (Lipinski definition) is 2. The summed E-state index contributed by atoms with van der Waals surface area (Å²) < 4.78 is 0. The highest BCUT2D eigenvalue weighted by Crippen LogP contribution is 2.22. The van der Waals surface area contributed by atoms with Crippen LogP contribution in [0.25, 0.3) is 11.3 Å². The molecule has 0 saturated carbocycles. The van der Waals surface area contributed by atoms with E-state index in [1.807, 2.05) is 6.92 Å². The summed E-state index contributed by atoms with van der Waals surface area (Å²) in [4.78, 5) is 17.6. The summed E-state index contributed by atoms with van der Waals surface area (Å²) >= 11 is 0. The Morgan fingerprint density at radius 2 is 2.33 bits per heavy atom. The van der Waals surface area contributed by atoms with Crippen molar-refractivity contribution in [1.82, 2.24) is 9.97 Å². The van der Waals surface area contributed by atoms with Crippen LogP contribution in [0.3, 0.4) is 0 Å². The highest BCUT2D eigenvalue weighted by Gasteiger charge is 2.09. The maximum atomic E-state index is 10.7. The molecule has 1 aromatic heterocycles. The molecule has 0 aliphatic rings. The Morgan fingerprint density at radius 1 is 1.56 bits per heavy atom. The first-order valence-electron chi connectivity index (χ1n) is 5.60. The lowest BCUT2D eigenvalue weighted by molar-refractivity contribution is -0.384. The van der Waals surface area contributed by atoms with E-state index in [1.54, 1.807) is 18.3 Å². The maximum absolute atomic E-state index is 10.7. The molecule has 0 amide bonds. The number of H-pyrrole nitrogens is 1. The molecule has 0 spiro atoms. The number of nitro groups is 1. The molecule has 0 aliphatic carbocycles. The van der Waals surface area contributed by atoms with Crippen LogP contribution in [0.4, 0.5) is 5.69 Å². The number of hydrogen-bond acceptors (Lipinski definition) is 4. The Hall–Kier alpha value is -2.21. The Labute approximate surface area is 104 Å². The van der Waals surface area contributed by atoms with E-state index in [1.165, 1.54) is 12.1 Å². The standard InChI is InChI=1S/C12H14N4O2/c1-8(13)5-12-14-7-11(15-12)9-3-2-4-10(6-9)16(17)18/h2-4,6-8H,5,13H2,1H3,(H,14,15). The summed E-state index contributed by atoms with van der Waals surface area (Å²) in [5.41, 5.74) is 7.25. The first-order valence-corrected chi connectivity index (χ1v) is 5.60. The largest absolute Gasteiger partial charge is 0.342 e. The van der Waals surface area contributed by atoms with Crippen LogP contribution < -0.4 is 5.73 Å². The smallest absolute Gasteiger partial charge is 0.270 e. The van der Waals surface area contributed by atoms with Crippen molar-refractivity contribution in [2.75, 3.05) is 0 Å². The second-order valence-electron chi connectivity index (χ2n) is 4.23. The van der Waals surface area contributed by atoms with E-state index in [9.17, 15) is 10.1 Å². The third-order valence-electron chi connectivity index (χ3n) is 2.51. The second kappa shape index (κ2) is 4.97. The Bertz CT molecular complexity index is 563. The molecule has 6 nitrogen and oxygen atoms in total. The number of benzene rings is 1. The number of aromatic amines is 1. The maximum Gasteiger partial charge on any atom is 0.270 e. The summed E-state index contributed by atoms with van der Waals surface area (Å²) in [5, 5.41) is 10.7. The molecule has 1 aromatic carbocycles. The van der Waals surface area contributed by atoms with Gasteiger partial charge < -0.3 is 10.7 Å². The first kappa shape index (κ1) is 12.3. The molecule has 1 unspecified atom stereocenters. The summed E-state index contributed by atoms with van der Waals surface area (Å²) in [6, 6.07) is 6.45. The van der Waals surface area contributed by atoms with Crippen LogP contribution >= 0.6 is 0 Å². The van der Waals surface area contributed by atoms with Gasteiger partial charge in [-0.2, -0.15) is 0 Å². The van der Waals surface area contributed by atoms with Crippen molar-refractivity contribution >= 4 is 5.69 Å². The fourth-order valence-corrected chi connectivity index (χ4v) is 1.70. The number of nitrogens with one attached hydrogen (secondary N) is 1. The van der Waals surface area contributed by atoms with Gasteiger partial charge in [-0.05, 0) is 6.92 Å². The molecule has 94 valence electrons. The quantitative estimate of drug-likeness (QED) is 0.635. The number of nitrogens with two attached hydrogens (primary N) is 1. The van der Waals surface area contributed by atoms with Crippen LogP contribution in [0.5, 0.6) is 0 Å². The van der Waals surface area contributed by atoms with Crippen molar-refractivity contribution in [3.8, 4) is 11.3 Å². The van der Waals surface area contributed by atoms with Crippen LogP contribution in [-0.4, -0.2) is 20.9 Å². The average molecular weight is 246 g/mol. The predicted molar refractivity (Wildman–Crippen MR) is 68.0 cm³/mol. The van der Waals surface area contributed by atoms with E-state index in [-0.39, 0.29) is 11.7 Å². The van der Waals surface area contributed by atoms with Gasteiger partial charge in [-0.3, -0.25) is 10.1 Å². The summed E-state index contributed by atoms with van der Waals surface area (Å²) in [6.07, 6.45) is 2.31. The highest BCUT2D eigenvalue weighted by atomic mass is 16.6. The molecule has 1 heterocycles. The van der Waals surface area contributed by atoms with Gasteiger partial charge in [-0.1, -0.05) is 12.1 Å². The van der Waals surface area contributed by atoms with E-state index >= 15 is 0 Å². The van der Waals surface area contributed by atoms with Gasteiger partial charge in [0.15, 0.2) is 0 Å². The third-order valence-corrected chi connectivity index (χ3v) is 2.51. The fourth-order valence-electron chi connectivity index (χ4n) is 1.70.